The maximum atomic E-state index is 11.5. The number of nitrogens with one attached hydrogen (secondary N) is 2. The molecular weight excluding hydrogens is 196 g/mol. The van der Waals surface area contributed by atoms with Gasteiger partial charge in [-0.1, -0.05) is 0 Å². The molecule has 0 bridgehead atoms. The molecule has 0 unspecified atom stereocenters. The van der Waals surface area contributed by atoms with E-state index in [-0.39, 0.29) is 22.7 Å². The molecule has 6 N–H and O–H groups in total. The van der Waals surface area contributed by atoms with E-state index < -0.39 is 5.54 Å². The van der Waals surface area contributed by atoms with E-state index in [1.54, 1.807) is 13.8 Å². The van der Waals surface area contributed by atoms with Crippen LogP contribution in [0.3, 0.4) is 0 Å². The summed E-state index contributed by atoms with van der Waals surface area (Å²) in [5, 5.41) is 0. The van der Waals surface area contributed by atoms with E-state index in [1.807, 2.05) is 0 Å². The largest absolute Gasteiger partial charge is 0.369 e. The molecule has 0 saturated carbocycles. The number of fused-ring (bicyclic) bond motifs is 1. The number of hydrogen-bond acceptors (Lipinski definition) is 5. The second-order valence-corrected chi connectivity index (χ2v) is 3.96. The first kappa shape index (κ1) is 9.66. The van der Waals surface area contributed by atoms with Crippen LogP contribution in [-0.4, -0.2) is 19.9 Å². The molecule has 0 aliphatic rings. The number of rotatable bonds is 1. The summed E-state index contributed by atoms with van der Waals surface area (Å²) >= 11 is 0. The molecule has 15 heavy (non-hydrogen) atoms. The number of imidazole rings is 1. The van der Waals surface area contributed by atoms with Crippen molar-refractivity contribution in [1.29, 1.82) is 0 Å². The van der Waals surface area contributed by atoms with Gasteiger partial charge in [0.15, 0.2) is 11.2 Å². The van der Waals surface area contributed by atoms with Gasteiger partial charge in [-0.2, -0.15) is 4.98 Å². The van der Waals surface area contributed by atoms with Crippen molar-refractivity contribution < 1.29 is 0 Å². The quantitative estimate of drug-likeness (QED) is 0.498. The van der Waals surface area contributed by atoms with Crippen molar-refractivity contribution in [3.8, 4) is 0 Å². The molecule has 2 aromatic rings. The van der Waals surface area contributed by atoms with Crippen molar-refractivity contribution in [2.24, 2.45) is 5.73 Å². The molecule has 2 aromatic heterocycles. The highest BCUT2D eigenvalue weighted by molar-refractivity contribution is 5.70. The molecule has 2 rings (SSSR count). The first-order valence-corrected chi connectivity index (χ1v) is 4.43. The van der Waals surface area contributed by atoms with Gasteiger partial charge < -0.3 is 16.5 Å². The van der Waals surface area contributed by atoms with Crippen LogP contribution in [-0.2, 0) is 5.54 Å². The molecule has 0 fully saturated rings. The number of aromatic nitrogens is 4. The first-order chi connectivity index (χ1) is 6.88. The first-order valence-electron chi connectivity index (χ1n) is 4.43. The van der Waals surface area contributed by atoms with Crippen LogP contribution in [0, 0.1) is 0 Å². The number of hydrogen-bond donors (Lipinski definition) is 4. The summed E-state index contributed by atoms with van der Waals surface area (Å²) in [7, 11) is 0. The predicted molar refractivity (Wildman–Crippen MR) is 56.1 cm³/mol. The Morgan fingerprint density at radius 2 is 1.93 bits per heavy atom. The van der Waals surface area contributed by atoms with E-state index in [4.69, 9.17) is 11.5 Å². The van der Waals surface area contributed by atoms with Crippen molar-refractivity contribution in [1.82, 2.24) is 19.9 Å². The Kier molecular flexibility index (Phi) is 1.80. The van der Waals surface area contributed by atoms with Crippen LogP contribution in [0.5, 0.6) is 0 Å². The van der Waals surface area contributed by atoms with Gasteiger partial charge in [-0.05, 0) is 13.8 Å². The second kappa shape index (κ2) is 2.80. The monoisotopic (exact) mass is 208 g/mol. The minimum absolute atomic E-state index is 0.0420. The molecule has 0 radical (unpaired) electrons. The summed E-state index contributed by atoms with van der Waals surface area (Å²) in [6, 6.07) is 0. The SMILES string of the molecule is CC(C)(N)c1nc2nc(N)[nH]c(=O)c2[nH]1. The molecule has 0 amide bonds. The Bertz CT molecular complexity index is 560. The molecule has 7 heteroatoms. The van der Waals surface area contributed by atoms with Gasteiger partial charge in [0.2, 0.25) is 5.95 Å². The van der Waals surface area contributed by atoms with Gasteiger partial charge in [0.1, 0.15) is 5.82 Å². The predicted octanol–water partition coefficient (Wildman–Crippen LogP) is -0.578. The third-order valence-electron chi connectivity index (χ3n) is 1.99. The minimum atomic E-state index is -0.651. The van der Waals surface area contributed by atoms with E-state index in [2.05, 4.69) is 19.9 Å². The highest BCUT2D eigenvalue weighted by Crippen LogP contribution is 2.15. The fourth-order valence-corrected chi connectivity index (χ4v) is 1.23. The zero-order chi connectivity index (χ0) is 11.2. The smallest absolute Gasteiger partial charge is 0.278 e. The summed E-state index contributed by atoms with van der Waals surface area (Å²) in [4.78, 5) is 24.7. The Morgan fingerprint density at radius 3 is 2.53 bits per heavy atom. The number of H-pyrrole nitrogens is 2. The van der Waals surface area contributed by atoms with Crippen LogP contribution in [0.2, 0.25) is 0 Å². The van der Waals surface area contributed by atoms with Crippen LogP contribution >= 0.6 is 0 Å². The number of nitrogens with two attached hydrogens (primary N) is 2. The van der Waals surface area contributed by atoms with Gasteiger partial charge in [-0.3, -0.25) is 9.78 Å². The van der Waals surface area contributed by atoms with E-state index in [1.165, 1.54) is 0 Å². The zero-order valence-corrected chi connectivity index (χ0v) is 8.46. The van der Waals surface area contributed by atoms with Crippen molar-refractivity contribution in [2.75, 3.05) is 5.73 Å². The average Bonchev–Trinajstić information content (AvgIpc) is 2.46. The third-order valence-corrected chi connectivity index (χ3v) is 1.99. The maximum Gasteiger partial charge on any atom is 0.278 e. The summed E-state index contributed by atoms with van der Waals surface area (Å²) in [5.41, 5.74) is 10.8. The van der Waals surface area contributed by atoms with Crippen molar-refractivity contribution >= 4 is 17.1 Å². The zero-order valence-electron chi connectivity index (χ0n) is 8.46. The Morgan fingerprint density at radius 1 is 1.27 bits per heavy atom. The topological polar surface area (TPSA) is 126 Å². The Balaban J connectivity index is 2.77. The molecular formula is C8H12N6O. The Labute approximate surface area is 84.9 Å². The van der Waals surface area contributed by atoms with Crippen LogP contribution in [0.4, 0.5) is 5.95 Å². The standard InChI is InChI=1S/C8H12N6O/c1-8(2,10)6-11-3-4(12-6)13-7(9)14-5(3)15/h10H2,1-2H3,(H4,9,11,12,13,14,15). The maximum absolute atomic E-state index is 11.5. The Hall–Kier alpha value is -1.89. The molecule has 0 aliphatic carbocycles. The van der Waals surface area contributed by atoms with Crippen molar-refractivity contribution in [3.05, 3.63) is 16.2 Å². The van der Waals surface area contributed by atoms with Crippen LogP contribution in [0.25, 0.3) is 11.2 Å². The normalized spacial score (nSPS) is 12.2. The van der Waals surface area contributed by atoms with Gasteiger partial charge >= 0.3 is 0 Å². The van der Waals surface area contributed by atoms with Crippen LogP contribution < -0.4 is 17.0 Å². The second-order valence-electron chi connectivity index (χ2n) is 3.96. The minimum Gasteiger partial charge on any atom is -0.369 e. The van der Waals surface area contributed by atoms with Crippen LogP contribution in [0.15, 0.2) is 4.79 Å². The molecule has 0 atom stereocenters. The van der Waals surface area contributed by atoms with Gasteiger partial charge in [-0.25, -0.2) is 4.98 Å². The number of anilines is 1. The van der Waals surface area contributed by atoms with Crippen molar-refractivity contribution in [2.45, 2.75) is 19.4 Å². The third kappa shape index (κ3) is 1.57. The lowest BCUT2D eigenvalue weighted by molar-refractivity contribution is 0.522. The molecule has 0 aromatic carbocycles. The molecule has 2 heterocycles. The van der Waals surface area contributed by atoms with Gasteiger partial charge in [-0.15, -0.1) is 0 Å². The lowest BCUT2D eigenvalue weighted by Crippen LogP contribution is -2.30. The molecule has 0 spiro atoms. The molecule has 7 nitrogen and oxygen atoms in total. The van der Waals surface area contributed by atoms with E-state index in [0.717, 1.165) is 0 Å². The fourth-order valence-electron chi connectivity index (χ4n) is 1.23. The van der Waals surface area contributed by atoms with Crippen molar-refractivity contribution in [3.63, 3.8) is 0 Å². The van der Waals surface area contributed by atoms with Gasteiger partial charge in [0.25, 0.3) is 5.56 Å². The number of nitrogen functional groups attached to an aromatic ring is 1. The van der Waals surface area contributed by atoms with E-state index in [0.29, 0.717) is 5.82 Å². The molecule has 0 aliphatic heterocycles. The van der Waals surface area contributed by atoms with Gasteiger partial charge in [0.05, 0.1) is 5.54 Å². The summed E-state index contributed by atoms with van der Waals surface area (Å²) < 4.78 is 0. The lowest BCUT2D eigenvalue weighted by Gasteiger charge is -2.13. The highest BCUT2D eigenvalue weighted by atomic mass is 16.1. The highest BCUT2D eigenvalue weighted by Gasteiger charge is 2.20. The van der Waals surface area contributed by atoms with E-state index in [9.17, 15) is 4.79 Å². The van der Waals surface area contributed by atoms with E-state index >= 15 is 0 Å². The molecule has 0 saturated heterocycles. The molecule has 80 valence electrons. The summed E-state index contributed by atoms with van der Waals surface area (Å²) in [5.74, 6) is 0.543. The lowest BCUT2D eigenvalue weighted by atomic mass is 10.1. The van der Waals surface area contributed by atoms with Gasteiger partial charge in [0, 0.05) is 0 Å². The number of nitrogens with zero attached hydrogens (tertiary/aromatic N) is 2. The number of aromatic amines is 2. The average molecular weight is 208 g/mol. The fraction of sp³-hybridized carbons (Fsp3) is 0.375. The summed E-state index contributed by atoms with van der Waals surface area (Å²) in [6.45, 7) is 3.56. The van der Waals surface area contributed by atoms with Crippen LogP contribution in [0.1, 0.15) is 19.7 Å². The summed E-state index contributed by atoms with van der Waals surface area (Å²) in [6.07, 6.45) is 0.